The van der Waals surface area contributed by atoms with E-state index in [0.29, 0.717) is 34.6 Å². The third-order valence-electron chi connectivity index (χ3n) is 19.9. The summed E-state index contributed by atoms with van der Waals surface area (Å²) in [6, 6.07) is 33.9. The molecule has 0 fully saturated rings. The van der Waals surface area contributed by atoms with Crippen LogP contribution in [0.2, 0.25) is 0 Å². The topological polar surface area (TPSA) is 422 Å². The van der Waals surface area contributed by atoms with Crippen molar-refractivity contribution in [2.45, 2.75) is 33.1 Å². The largest absolute Gasteiger partial charge is 0.338 e. The van der Waals surface area contributed by atoms with Gasteiger partial charge in [0.1, 0.15) is 49.5 Å². The minimum atomic E-state index is -0.252. The summed E-state index contributed by atoms with van der Waals surface area (Å²) in [4.78, 5) is 123. The van der Waals surface area contributed by atoms with Gasteiger partial charge >= 0.3 is 0 Å². The van der Waals surface area contributed by atoms with Gasteiger partial charge in [0.2, 0.25) is 23.6 Å². The number of nitrogens with one attached hydrogen (secondary N) is 4. The maximum atomic E-state index is 12.7. The molecular weight excluding hydrogens is 1580 g/mol. The summed E-state index contributed by atoms with van der Waals surface area (Å²) >= 11 is 0. The van der Waals surface area contributed by atoms with Crippen molar-refractivity contribution < 1.29 is 19.2 Å². The van der Waals surface area contributed by atoms with E-state index in [1.807, 2.05) is 158 Å². The zero-order valence-electron chi connectivity index (χ0n) is 67.2. The first-order valence-electron chi connectivity index (χ1n) is 38.8. The average molecular weight is 1650 g/mol. The van der Waals surface area contributed by atoms with Crippen LogP contribution in [-0.4, -0.2) is 161 Å². The minimum Gasteiger partial charge on any atom is -0.338 e. The highest BCUT2D eigenvalue weighted by Gasteiger charge is 2.20. The van der Waals surface area contributed by atoms with E-state index in [9.17, 15) is 19.2 Å². The maximum absolute atomic E-state index is 12.7. The van der Waals surface area contributed by atoms with E-state index in [4.69, 9.17) is 0 Å². The predicted octanol–water partition coefficient (Wildman–Crippen LogP) is 12.1. The van der Waals surface area contributed by atoms with Crippen LogP contribution < -0.4 is 21.3 Å². The fraction of sp³-hybridized carbons (Fsp3) is 0.0899. The first-order chi connectivity index (χ1) is 61.2. The van der Waals surface area contributed by atoms with Crippen LogP contribution in [0.5, 0.6) is 0 Å². The molecule has 0 aliphatic rings. The standard InChI is InChI=1S/C24H19N7O.2C22H18N8O.C21H17N9O/c1-16-10-17(4-6-27-16)20-12-26-14-22-19(20)5-9-31(22)15-24(32)30-23-3-2-18(11-29-23)21-13-25-7-8-28-21;1-29-19(5-8-27-29)22-16-6-11-30(18(16)4-7-25-22)14-21(31)28-20-3-2-15(12-26-20)17-13-23-9-10-24-17;1-29-19(4-6-27-29)17-11-24-13-20-16(17)5-9-30(20)14-22(31)28-21-3-2-15(10-26-21)18-12-23-7-8-25-18;1-29-18(5-7-26-29)15-4-6-24-21-16(15)11-27-30(21)13-20(31)28-19-3-2-14(10-25-19)17-12-22-8-9-23-17/h2-14H,15H2,1H3,(H,29,30,32);2*2-13H,14H2,1H3,(H,26,28,31);2-12H,13H2,1H3,(H,25,28,31). The number of hydrogen-bond donors (Lipinski definition) is 4. The Morgan fingerprint density at radius 3 is 1.12 bits per heavy atom. The lowest BCUT2D eigenvalue weighted by Gasteiger charge is -2.09. The van der Waals surface area contributed by atoms with E-state index in [0.717, 1.165) is 128 Å². The molecule has 20 aromatic rings. The normalized spacial score (nSPS) is 11.0. The molecule has 0 aliphatic carbocycles. The molecule has 36 heteroatoms. The molecule has 36 nitrogen and oxygen atoms in total. The number of anilines is 4. The molecule has 20 rings (SSSR count). The smallest absolute Gasteiger partial charge is 0.247 e. The molecule has 0 unspecified atom stereocenters. The fourth-order valence-corrected chi connectivity index (χ4v) is 13.9. The number of carbonyl (C=O) groups is 4. The number of pyridine rings is 9. The molecule has 0 atom stereocenters. The molecule has 4 amide bonds. The van der Waals surface area contributed by atoms with E-state index >= 15 is 0 Å². The second-order valence-electron chi connectivity index (χ2n) is 28.1. The lowest BCUT2D eigenvalue weighted by atomic mass is 10.0. The molecule has 0 saturated heterocycles. The quantitative estimate of drug-likeness (QED) is 0.0550. The van der Waals surface area contributed by atoms with Crippen LogP contribution in [0.3, 0.4) is 0 Å². The fourth-order valence-electron chi connectivity index (χ4n) is 13.9. The highest BCUT2D eigenvalue weighted by molar-refractivity contribution is 6.00. The molecule has 4 N–H and O–H groups in total. The highest BCUT2D eigenvalue weighted by atomic mass is 16.2. The van der Waals surface area contributed by atoms with Crippen molar-refractivity contribution in [3.8, 4) is 90.1 Å². The van der Waals surface area contributed by atoms with Gasteiger partial charge in [0.25, 0.3) is 0 Å². The van der Waals surface area contributed by atoms with Gasteiger partial charge < -0.3 is 35.0 Å². The van der Waals surface area contributed by atoms with Gasteiger partial charge in [0, 0.05) is 230 Å². The second-order valence-corrected chi connectivity index (χ2v) is 28.1. The molecule has 0 bridgehead atoms. The Morgan fingerprint density at radius 1 is 0.288 bits per heavy atom. The van der Waals surface area contributed by atoms with Gasteiger partial charge in [-0.2, -0.15) is 20.4 Å². The van der Waals surface area contributed by atoms with Crippen molar-refractivity contribution in [3.63, 3.8) is 0 Å². The SMILES string of the molecule is Cc1cc(-c2cncc3c2ccn3CC(=O)Nc2ccc(-c3cnccn3)cn2)ccn1.Cn1nccc1-c1ccnc2c1cnn2CC(=O)Nc1ccc(-c2cnccn2)cn1.Cn1nccc1-c1cncc2c1ccn2CC(=O)Nc1ccc(-c2cnccn2)cn1.Cn1nccc1-c1nccc2c1ccn2CC(=O)Nc1ccc(-c2cnccn2)cn1. The van der Waals surface area contributed by atoms with Crippen LogP contribution in [0.4, 0.5) is 23.3 Å². The molecule has 20 aromatic heterocycles. The zero-order chi connectivity index (χ0) is 85.5. The third-order valence-corrected chi connectivity index (χ3v) is 19.9. The van der Waals surface area contributed by atoms with Crippen molar-refractivity contribution >= 4 is 90.6 Å². The van der Waals surface area contributed by atoms with Crippen LogP contribution in [0.25, 0.3) is 134 Å². The maximum Gasteiger partial charge on any atom is 0.247 e. The van der Waals surface area contributed by atoms with Crippen molar-refractivity contribution in [1.82, 2.24) is 138 Å². The van der Waals surface area contributed by atoms with E-state index in [1.165, 1.54) is 0 Å². The van der Waals surface area contributed by atoms with Crippen LogP contribution in [-0.2, 0) is 66.5 Å². The summed E-state index contributed by atoms with van der Waals surface area (Å²) in [6.45, 7) is 2.43. The van der Waals surface area contributed by atoms with Gasteiger partial charge in [-0.25, -0.2) is 29.6 Å². The van der Waals surface area contributed by atoms with Crippen LogP contribution in [0, 0.1) is 6.92 Å². The van der Waals surface area contributed by atoms with Crippen molar-refractivity contribution in [2.24, 2.45) is 21.1 Å². The number of carbonyl (C=O) groups excluding carboxylic acids is 4. The Balaban J connectivity index is 0.000000118. The molecule has 0 saturated carbocycles. The van der Waals surface area contributed by atoms with E-state index in [2.05, 4.69) is 126 Å². The monoisotopic (exact) mass is 1650 g/mol. The second kappa shape index (κ2) is 36.6. The third kappa shape index (κ3) is 18.4. The van der Waals surface area contributed by atoms with E-state index < -0.39 is 0 Å². The number of fused-ring (bicyclic) bond motifs is 4. The van der Waals surface area contributed by atoms with Crippen molar-refractivity contribution in [1.29, 1.82) is 0 Å². The van der Waals surface area contributed by atoms with Gasteiger partial charge in [-0.15, -0.1) is 0 Å². The van der Waals surface area contributed by atoms with Crippen LogP contribution in [0.1, 0.15) is 5.69 Å². The number of rotatable bonds is 20. The van der Waals surface area contributed by atoms with Gasteiger partial charge in [-0.1, -0.05) is 0 Å². The van der Waals surface area contributed by atoms with Crippen molar-refractivity contribution in [2.75, 3.05) is 21.3 Å². The van der Waals surface area contributed by atoms with Gasteiger partial charge in [0.15, 0.2) is 5.65 Å². The molecule has 20 heterocycles. The molecular formula is C89H72N32O4. The Kier molecular flexibility index (Phi) is 23.4. The number of aryl methyl sites for hydroxylation is 4. The Bertz CT molecular complexity index is 6670. The minimum absolute atomic E-state index is 0.0128. The van der Waals surface area contributed by atoms with Crippen LogP contribution in [0.15, 0.2) is 295 Å². The van der Waals surface area contributed by atoms with Gasteiger partial charge in [-0.05, 0) is 122 Å². The van der Waals surface area contributed by atoms with E-state index in [1.54, 1.807) is 198 Å². The molecule has 0 spiro atoms. The lowest BCUT2D eigenvalue weighted by Crippen LogP contribution is -2.20. The van der Waals surface area contributed by atoms with Crippen LogP contribution >= 0.6 is 0 Å². The summed E-state index contributed by atoms with van der Waals surface area (Å²) in [6.07, 6.45) is 51.3. The first kappa shape index (κ1) is 79.7. The Labute approximate surface area is 710 Å². The predicted molar refractivity (Wildman–Crippen MR) is 467 cm³/mol. The Morgan fingerprint density at radius 2 is 0.696 bits per heavy atom. The van der Waals surface area contributed by atoms with E-state index in [-0.39, 0.29) is 49.8 Å². The summed E-state index contributed by atoms with van der Waals surface area (Å²) in [5.74, 6) is 1.10. The number of amides is 4. The summed E-state index contributed by atoms with van der Waals surface area (Å²) in [5, 5.41) is 32.2. The Hall–Kier alpha value is -17.7. The molecule has 0 aromatic carbocycles. The molecule has 0 aliphatic heterocycles. The molecule has 612 valence electrons. The van der Waals surface area contributed by atoms with Gasteiger partial charge in [-0.3, -0.25) is 93.0 Å². The molecule has 125 heavy (non-hydrogen) atoms. The zero-order valence-corrected chi connectivity index (χ0v) is 67.2. The van der Waals surface area contributed by atoms with Gasteiger partial charge in [0.05, 0.1) is 105 Å². The number of hydrogen-bond acceptors (Lipinski definition) is 25. The summed E-state index contributed by atoms with van der Waals surface area (Å²) in [5.41, 5.74) is 18.1. The summed E-state index contributed by atoms with van der Waals surface area (Å²) in [7, 11) is 5.65. The molecule has 0 radical (unpaired) electrons. The first-order valence-corrected chi connectivity index (χ1v) is 38.8. The lowest BCUT2D eigenvalue weighted by molar-refractivity contribution is -0.117. The average Bonchev–Trinajstić information content (AvgIpc) is 1.66. The van der Waals surface area contributed by atoms with Crippen molar-refractivity contribution in [3.05, 3.63) is 301 Å². The summed E-state index contributed by atoms with van der Waals surface area (Å²) < 4.78 is 12.6. The highest BCUT2D eigenvalue weighted by Crippen LogP contribution is 2.33. The number of aromatic nitrogens is 28. The number of nitrogens with zero attached hydrogens (tertiary/aromatic N) is 28.